The fraction of sp³-hybridized carbons (Fsp3) is 0.417. The van der Waals surface area contributed by atoms with Crippen molar-refractivity contribution in [3.05, 3.63) is 23.2 Å². The molecule has 1 aliphatic rings. The maximum atomic E-state index is 12.5. The molecule has 1 aromatic rings. The number of hydrogen-bond donors (Lipinski definition) is 1. The summed E-state index contributed by atoms with van der Waals surface area (Å²) in [4.78, 5) is 0.0572. The fourth-order valence-corrected chi connectivity index (χ4v) is 3.87. The molecule has 0 heterocycles. The molecule has 0 aromatic heterocycles. The summed E-state index contributed by atoms with van der Waals surface area (Å²) < 4.78 is 26.5. The van der Waals surface area contributed by atoms with E-state index in [1.165, 1.54) is 22.5 Å². The van der Waals surface area contributed by atoms with Gasteiger partial charge in [-0.25, -0.2) is 8.42 Å². The predicted molar refractivity (Wildman–Crippen MR) is 73.0 cm³/mol. The zero-order valence-electron chi connectivity index (χ0n) is 10.2. The maximum absolute atomic E-state index is 12.5. The molecule has 2 rings (SSSR count). The van der Waals surface area contributed by atoms with Gasteiger partial charge in [0.05, 0.1) is 11.8 Å². The zero-order valence-corrected chi connectivity index (χ0v) is 11.8. The van der Waals surface area contributed by atoms with E-state index >= 15 is 0 Å². The van der Waals surface area contributed by atoms with E-state index in [-0.39, 0.29) is 29.6 Å². The van der Waals surface area contributed by atoms with E-state index in [1.807, 2.05) is 6.07 Å². The third-order valence-electron chi connectivity index (χ3n) is 2.96. The van der Waals surface area contributed by atoms with Crippen LogP contribution in [0, 0.1) is 11.3 Å². The van der Waals surface area contributed by atoms with E-state index in [1.54, 1.807) is 0 Å². The first-order valence-electron chi connectivity index (χ1n) is 5.90. The summed E-state index contributed by atoms with van der Waals surface area (Å²) >= 11 is 5.77. The summed E-state index contributed by atoms with van der Waals surface area (Å²) in [5, 5.41) is 9.03. The summed E-state index contributed by atoms with van der Waals surface area (Å²) in [5.41, 5.74) is 5.87. The Morgan fingerprint density at radius 1 is 1.47 bits per heavy atom. The van der Waals surface area contributed by atoms with Crippen LogP contribution in [0.5, 0.6) is 0 Å². The van der Waals surface area contributed by atoms with Crippen LogP contribution in [0.15, 0.2) is 23.1 Å². The fourth-order valence-electron chi connectivity index (χ4n) is 1.90. The Labute approximate surface area is 117 Å². The zero-order chi connectivity index (χ0) is 14.0. The second-order valence-electron chi connectivity index (χ2n) is 4.44. The molecule has 1 aliphatic carbocycles. The van der Waals surface area contributed by atoms with Gasteiger partial charge in [-0.1, -0.05) is 11.6 Å². The lowest BCUT2D eigenvalue weighted by atomic mass is 10.3. The lowest BCUT2D eigenvalue weighted by molar-refractivity contribution is 0.411. The van der Waals surface area contributed by atoms with Crippen LogP contribution in [0.25, 0.3) is 0 Å². The van der Waals surface area contributed by atoms with Crippen LogP contribution >= 0.6 is 11.6 Å². The molecule has 1 fully saturated rings. The van der Waals surface area contributed by atoms with Crippen LogP contribution in [-0.4, -0.2) is 25.3 Å². The minimum atomic E-state index is -3.66. The summed E-state index contributed by atoms with van der Waals surface area (Å²) in [6, 6.07) is 6.30. The highest BCUT2D eigenvalue weighted by atomic mass is 35.5. The van der Waals surface area contributed by atoms with Crippen molar-refractivity contribution >= 4 is 27.3 Å². The molecule has 0 radical (unpaired) electrons. The van der Waals surface area contributed by atoms with Gasteiger partial charge >= 0.3 is 0 Å². The molecular weight excluding hydrogens is 286 g/mol. The smallest absolute Gasteiger partial charge is 0.245 e. The highest BCUT2D eigenvalue weighted by molar-refractivity contribution is 7.89. The maximum Gasteiger partial charge on any atom is 0.245 e. The standard InChI is InChI=1S/C12H14ClN3O2S/c13-9-2-5-12(11(15)8-9)19(17,18)16(7-1-6-14)10-3-4-10/h2,5,8,10H,1,3-4,7,15H2. The third-order valence-corrected chi connectivity index (χ3v) is 5.22. The minimum absolute atomic E-state index is 0.00609. The van der Waals surface area contributed by atoms with Crippen LogP contribution in [0.3, 0.4) is 0 Å². The number of nitrogens with two attached hydrogens (primary N) is 1. The number of benzene rings is 1. The number of rotatable bonds is 5. The van der Waals surface area contributed by atoms with Crippen molar-refractivity contribution in [3.63, 3.8) is 0 Å². The van der Waals surface area contributed by atoms with Crippen LogP contribution in [0.4, 0.5) is 5.69 Å². The van der Waals surface area contributed by atoms with Gasteiger partial charge in [0.25, 0.3) is 0 Å². The molecule has 2 N–H and O–H groups in total. The number of halogens is 1. The van der Waals surface area contributed by atoms with Crippen LogP contribution in [0.1, 0.15) is 19.3 Å². The number of sulfonamides is 1. The third kappa shape index (κ3) is 3.00. The van der Waals surface area contributed by atoms with E-state index < -0.39 is 10.0 Å². The van der Waals surface area contributed by atoms with Gasteiger partial charge in [0.15, 0.2) is 0 Å². The summed E-state index contributed by atoms with van der Waals surface area (Å²) in [5.74, 6) is 0. The Balaban J connectivity index is 2.36. The van der Waals surface area contributed by atoms with Crippen molar-refractivity contribution < 1.29 is 8.42 Å². The Bertz CT molecular complexity index is 620. The molecule has 0 saturated heterocycles. The molecule has 0 aliphatic heterocycles. The molecule has 7 heteroatoms. The summed E-state index contributed by atoms with van der Waals surface area (Å²) in [6.07, 6.45) is 1.83. The number of anilines is 1. The van der Waals surface area contributed by atoms with Gasteiger partial charge in [-0.2, -0.15) is 9.57 Å². The molecular formula is C12H14ClN3O2S. The molecule has 19 heavy (non-hydrogen) atoms. The quantitative estimate of drug-likeness (QED) is 0.842. The van der Waals surface area contributed by atoms with E-state index in [9.17, 15) is 8.42 Å². The molecule has 0 bridgehead atoms. The van der Waals surface area contributed by atoms with Crippen molar-refractivity contribution in [2.45, 2.75) is 30.2 Å². The van der Waals surface area contributed by atoms with Crippen molar-refractivity contribution in [2.24, 2.45) is 0 Å². The van der Waals surface area contributed by atoms with Gasteiger partial charge < -0.3 is 5.73 Å². The molecule has 0 atom stereocenters. The van der Waals surface area contributed by atoms with Crippen LogP contribution < -0.4 is 5.73 Å². The van der Waals surface area contributed by atoms with Gasteiger partial charge in [-0.05, 0) is 31.0 Å². The molecule has 0 spiro atoms. The van der Waals surface area contributed by atoms with Gasteiger partial charge in [0.1, 0.15) is 4.90 Å². The van der Waals surface area contributed by atoms with Crippen molar-refractivity contribution in [3.8, 4) is 6.07 Å². The Morgan fingerprint density at radius 3 is 2.68 bits per heavy atom. The van der Waals surface area contributed by atoms with E-state index in [0.29, 0.717) is 5.02 Å². The SMILES string of the molecule is N#CCCN(C1CC1)S(=O)(=O)c1ccc(Cl)cc1N. The Kier molecular flexibility index (Phi) is 3.99. The van der Waals surface area contributed by atoms with Gasteiger partial charge in [0.2, 0.25) is 10.0 Å². The number of nitrogen functional groups attached to an aromatic ring is 1. The second-order valence-corrected chi connectivity index (χ2v) is 6.73. The van der Waals surface area contributed by atoms with Crippen LogP contribution in [-0.2, 0) is 10.0 Å². The topological polar surface area (TPSA) is 87.2 Å². The second kappa shape index (κ2) is 5.37. The first-order valence-corrected chi connectivity index (χ1v) is 7.72. The minimum Gasteiger partial charge on any atom is -0.398 e. The molecule has 0 amide bonds. The molecule has 0 unspecified atom stereocenters. The summed E-state index contributed by atoms with van der Waals surface area (Å²) in [7, 11) is -3.66. The van der Waals surface area contributed by atoms with Gasteiger partial charge in [0, 0.05) is 24.0 Å². The number of hydrogen-bond acceptors (Lipinski definition) is 4. The Morgan fingerprint density at radius 2 is 2.16 bits per heavy atom. The molecule has 1 aromatic carbocycles. The van der Waals surface area contributed by atoms with Crippen LogP contribution in [0.2, 0.25) is 5.02 Å². The number of nitrogens with zero attached hydrogens (tertiary/aromatic N) is 2. The average molecular weight is 300 g/mol. The Hall–Kier alpha value is -1.29. The largest absolute Gasteiger partial charge is 0.398 e. The van der Waals surface area contributed by atoms with Crippen molar-refractivity contribution in [2.75, 3.05) is 12.3 Å². The van der Waals surface area contributed by atoms with E-state index in [2.05, 4.69) is 0 Å². The van der Waals surface area contributed by atoms with Crippen molar-refractivity contribution in [1.82, 2.24) is 4.31 Å². The van der Waals surface area contributed by atoms with Crippen molar-refractivity contribution in [1.29, 1.82) is 5.26 Å². The van der Waals surface area contributed by atoms with Gasteiger partial charge in [-0.3, -0.25) is 0 Å². The molecule has 5 nitrogen and oxygen atoms in total. The van der Waals surface area contributed by atoms with E-state index in [0.717, 1.165) is 12.8 Å². The average Bonchev–Trinajstić information content (AvgIpc) is 3.13. The monoisotopic (exact) mass is 299 g/mol. The first kappa shape index (κ1) is 14.1. The normalized spacial score (nSPS) is 15.4. The first-order chi connectivity index (χ1) is 8.96. The predicted octanol–water partition coefficient (Wildman–Crippen LogP) is 1.99. The highest BCUT2D eigenvalue weighted by Gasteiger charge is 2.38. The summed E-state index contributed by atoms with van der Waals surface area (Å²) in [6.45, 7) is 0.200. The lowest BCUT2D eigenvalue weighted by Gasteiger charge is -2.21. The lowest BCUT2D eigenvalue weighted by Crippen LogP contribution is -2.34. The number of nitriles is 1. The molecule has 1 saturated carbocycles. The van der Waals surface area contributed by atoms with Gasteiger partial charge in [-0.15, -0.1) is 0 Å². The van der Waals surface area contributed by atoms with E-state index in [4.69, 9.17) is 22.6 Å². The molecule has 102 valence electrons. The highest BCUT2D eigenvalue weighted by Crippen LogP contribution is 2.34.